The zero-order valence-electron chi connectivity index (χ0n) is 9.91. The molecule has 0 aromatic rings. The first-order valence-corrected chi connectivity index (χ1v) is 6.07. The summed E-state index contributed by atoms with van der Waals surface area (Å²) in [6.45, 7) is 1.35. The Morgan fingerprint density at radius 3 is 1.07 bits per heavy atom. The van der Waals surface area contributed by atoms with Gasteiger partial charge in [0.2, 0.25) is 0 Å². The summed E-state index contributed by atoms with van der Waals surface area (Å²) in [7, 11) is 0. The molecule has 3 nitrogen and oxygen atoms in total. The Morgan fingerprint density at radius 1 is 0.733 bits per heavy atom. The van der Waals surface area contributed by atoms with Crippen molar-refractivity contribution in [2.24, 2.45) is 5.41 Å². The summed E-state index contributed by atoms with van der Waals surface area (Å²) in [6.07, 6.45) is 9.59. The first-order valence-electron chi connectivity index (χ1n) is 6.07. The highest BCUT2D eigenvalue weighted by atomic mass is 16.3. The first-order chi connectivity index (χ1) is 7.24. The molecule has 15 heavy (non-hydrogen) atoms. The van der Waals surface area contributed by atoms with E-state index < -0.39 is 5.41 Å². The average Bonchev–Trinajstić information content (AvgIpc) is 2.36. The Morgan fingerprint density at radius 2 is 1.00 bits per heavy atom. The van der Waals surface area contributed by atoms with E-state index in [9.17, 15) is 0 Å². The molecule has 0 radical (unpaired) electrons. The molecule has 3 N–H and O–H groups in total. The van der Waals surface area contributed by atoms with E-state index in [1.54, 1.807) is 0 Å². The third kappa shape index (κ3) is 6.13. The average molecular weight is 218 g/mol. The van der Waals surface area contributed by atoms with Crippen LogP contribution in [-0.2, 0) is 0 Å². The molecular weight excluding hydrogens is 192 g/mol. The van der Waals surface area contributed by atoms with E-state index in [1.807, 2.05) is 6.92 Å². The third-order valence-electron chi connectivity index (χ3n) is 3.26. The highest BCUT2D eigenvalue weighted by Gasteiger charge is 2.24. The zero-order chi connectivity index (χ0) is 11.6. The fourth-order valence-corrected chi connectivity index (χ4v) is 1.55. The van der Waals surface area contributed by atoms with E-state index >= 15 is 0 Å². The molecule has 92 valence electrons. The van der Waals surface area contributed by atoms with Crippen LogP contribution in [0.3, 0.4) is 0 Å². The highest BCUT2D eigenvalue weighted by molar-refractivity contribution is 4.74. The van der Waals surface area contributed by atoms with Gasteiger partial charge < -0.3 is 15.3 Å². The minimum Gasteiger partial charge on any atom is -0.396 e. The van der Waals surface area contributed by atoms with E-state index in [4.69, 9.17) is 15.3 Å². The van der Waals surface area contributed by atoms with Gasteiger partial charge in [0.05, 0.1) is 19.8 Å². The first kappa shape index (κ1) is 14.9. The van der Waals surface area contributed by atoms with Gasteiger partial charge in [0.25, 0.3) is 0 Å². The second kappa shape index (κ2) is 9.13. The molecule has 0 aliphatic heterocycles. The molecule has 0 saturated heterocycles. The molecule has 0 aromatic carbocycles. The van der Waals surface area contributed by atoms with E-state index in [1.165, 1.54) is 38.5 Å². The minimum atomic E-state index is -0.667. The van der Waals surface area contributed by atoms with Gasteiger partial charge in [-0.05, 0) is 6.42 Å². The van der Waals surface area contributed by atoms with Gasteiger partial charge in [0.1, 0.15) is 0 Å². The Balaban J connectivity index is 0.000000280. The summed E-state index contributed by atoms with van der Waals surface area (Å²) in [4.78, 5) is 0. The van der Waals surface area contributed by atoms with E-state index in [0.717, 1.165) is 0 Å². The van der Waals surface area contributed by atoms with Crippen LogP contribution in [0, 0.1) is 5.41 Å². The van der Waals surface area contributed by atoms with Gasteiger partial charge >= 0.3 is 0 Å². The smallest absolute Gasteiger partial charge is 0.0531 e. The molecule has 0 spiro atoms. The standard InChI is InChI=1S/C6H14O3.C6H12/c1-2-6(3-7,4-8)5-9;1-2-4-6-5-3-1/h7-9H,2-5H2,1H3;1-6H2. The van der Waals surface area contributed by atoms with Gasteiger partial charge in [0, 0.05) is 5.41 Å². The summed E-state index contributed by atoms with van der Waals surface area (Å²) >= 11 is 0. The van der Waals surface area contributed by atoms with Crippen LogP contribution >= 0.6 is 0 Å². The molecule has 0 unspecified atom stereocenters. The van der Waals surface area contributed by atoms with Crippen molar-refractivity contribution in [2.75, 3.05) is 19.8 Å². The van der Waals surface area contributed by atoms with Crippen LogP contribution in [0.2, 0.25) is 0 Å². The Hall–Kier alpha value is -0.120. The van der Waals surface area contributed by atoms with E-state index in [0.29, 0.717) is 6.42 Å². The van der Waals surface area contributed by atoms with Crippen molar-refractivity contribution in [3.8, 4) is 0 Å². The maximum Gasteiger partial charge on any atom is 0.0531 e. The topological polar surface area (TPSA) is 60.7 Å². The van der Waals surface area contributed by atoms with Gasteiger partial charge in [-0.25, -0.2) is 0 Å². The molecular formula is C12H26O3. The number of aliphatic hydroxyl groups is 3. The van der Waals surface area contributed by atoms with Gasteiger partial charge in [-0.3, -0.25) is 0 Å². The fourth-order valence-electron chi connectivity index (χ4n) is 1.55. The summed E-state index contributed by atoms with van der Waals surface area (Å²) in [5.41, 5.74) is -0.667. The van der Waals surface area contributed by atoms with Gasteiger partial charge in [0.15, 0.2) is 0 Å². The molecule has 1 aliphatic carbocycles. The van der Waals surface area contributed by atoms with Crippen LogP contribution < -0.4 is 0 Å². The lowest BCUT2D eigenvalue weighted by molar-refractivity contribution is 0.00304. The summed E-state index contributed by atoms with van der Waals surface area (Å²) in [5, 5.41) is 26.0. The van der Waals surface area contributed by atoms with E-state index in [-0.39, 0.29) is 19.8 Å². The molecule has 0 bridgehead atoms. The highest BCUT2D eigenvalue weighted by Crippen LogP contribution is 2.18. The van der Waals surface area contributed by atoms with Crippen molar-refractivity contribution in [1.29, 1.82) is 0 Å². The molecule has 0 aromatic heterocycles. The van der Waals surface area contributed by atoms with Gasteiger partial charge in [-0.1, -0.05) is 45.4 Å². The molecule has 1 rings (SSSR count). The van der Waals surface area contributed by atoms with Crippen LogP contribution in [0.5, 0.6) is 0 Å². The van der Waals surface area contributed by atoms with Crippen LogP contribution in [0.4, 0.5) is 0 Å². The predicted octanol–water partition coefficient (Wildman–Crippen LogP) is 1.70. The van der Waals surface area contributed by atoms with Crippen molar-refractivity contribution >= 4 is 0 Å². The molecule has 1 fully saturated rings. The normalized spacial score (nSPS) is 16.8. The zero-order valence-corrected chi connectivity index (χ0v) is 9.91. The second-order valence-corrected chi connectivity index (χ2v) is 4.45. The SMILES string of the molecule is C1CCCCC1.CCC(CO)(CO)CO. The quantitative estimate of drug-likeness (QED) is 0.673. The van der Waals surface area contributed by atoms with Crippen molar-refractivity contribution in [3.63, 3.8) is 0 Å². The second-order valence-electron chi connectivity index (χ2n) is 4.45. The van der Waals surface area contributed by atoms with Crippen LogP contribution in [-0.4, -0.2) is 35.1 Å². The van der Waals surface area contributed by atoms with Crippen molar-refractivity contribution < 1.29 is 15.3 Å². The van der Waals surface area contributed by atoms with Crippen molar-refractivity contribution in [2.45, 2.75) is 51.9 Å². The number of aliphatic hydroxyl groups excluding tert-OH is 3. The summed E-state index contributed by atoms with van der Waals surface area (Å²) < 4.78 is 0. The Kier molecular flexibility index (Phi) is 9.06. The molecule has 1 aliphatic rings. The summed E-state index contributed by atoms with van der Waals surface area (Å²) in [6, 6.07) is 0. The van der Waals surface area contributed by atoms with Crippen LogP contribution in [0.25, 0.3) is 0 Å². The molecule has 0 atom stereocenters. The molecule has 3 heteroatoms. The van der Waals surface area contributed by atoms with Gasteiger partial charge in [-0.15, -0.1) is 0 Å². The van der Waals surface area contributed by atoms with Gasteiger partial charge in [-0.2, -0.15) is 0 Å². The molecule has 1 saturated carbocycles. The lowest BCUT2D eigenvalue weighted by Gasteiger charge is -2.24. The monoisotopic (exact) mass is 218 g/mol. The largest absolute Gasteiger partial charge is 0.396 e. The number of hydrogen-bond donors (Lipinski definition) is 3. The van der Waals surface area contributed by atoms with Crippen LogP contribution in [0.1, 0.15) is 51.9 Å². The fraction of sp³-hybridized carbons (Fsp3) is 1.00. The minimum absolute atomic E-state index is 0.156. The van der Waals surface area contributed by atoms with E-state index in [2.05, 4.69) is 0 Å². The Labute approximate surface area is 93.1 Å². The van der Waals surface area contributed by atoms with Crippen molar-refractivity contribution in [3.05, 3.63) is 0 Å². The molecule has 0 amide bonds. The summed E-state index contributed by atoms with van der Waals surface area (Å²) in [5.74, 6) is 0. The van der Waals surface area contributed by atoms with Crippen LogP contribution in [0.15, 0.2) is 0 Å². The lowest BCUT2D eigenvalue weighted by Crippen LogP contribution is -2.32. The lowest BCUT2D eigenvalue weighted by atomic mass is 9.88. The predicted molar refractivity (Wildman–Crippen MR) is 61.7 cm³/mol. The van der Waals surface area contributed by atoms with Crippen molar-refractivity contribution in [1.82, 2.24) is 0 Å². The maximum atomic E-state index is 8.66. The molecule has 0 heterocycles. The Bertz CT molecular complexity index is 99.8. The number of rotatable bonds is 4. The number of hydrogen-bond acceptors (Lipinski definition) is 3. The third-order valence-corrected chi connectivity index (χ3v) is 3.26. The maximum absolute atomic E-state index is 8.66.